The van der Waals surface area contributed by atoms with Gasteiger partial charge in [-0.15, -0.1) is 0 Å². The fourth-order valence-electron chi connectivity index (χ4n) is 1.77. The van der Waals surface area contributed by atoms with E-state index in [4.69, 9.17) is 4.74 Å². The second kappa shape index (κ2) is 6.56. The van der Waals surface area contributed by atoms with Crippen LogP contribution in [-0.2, 0) is 6.42 Å². The first-order valence-electron chi connectivity index (χ1n) is 6.39. The van der Waals surface area contributed by atoms with E-state index in [0.29, 0.717) is 17.3 Å². The Labute approximate surface area is 118 Å². The molecule has 5 nitrogen and oxygen atoms in total. The molecule has 0 bridgehead atoms. The summed E-state index contributed by atoms with van der Waals surface area (Å²) in [5, 5.41) is 5.40. The molecule has 2 amide bonds. The maximum Gasteiger partial charge on any atom is 0.324 e. The quantitative estimate of drug-likeness (QED) is 0.896. The van der Waals surface area contributed by atoms with Crippen LogP contribution >= 0.6 is 0 Å². The van der Waals surface area contributed by atoms with Crippen molar-refractivity contribution in [3.63, 3.8) is 0 Å². The predicted molar refractivity (Wildman–Crippen MR) is 79.3 cm³/mol. The Bertz CT molecular complexity index is 585. The standard InChI is InChI=1S/C15H17N3O2/c1-3-11-7-8-12(13(10-11)20-2)17-15(19)18-14-6-4-5-9-16-14/h4-10H,3H2,1-2H3,(H2,16,17,18,19). The van der Waals surface area contributed by atoms with Crippen LogP contribution in [0.3, 0.4) is 0 Å². The fourth-order valence-corrected chi connectivity index (χ4v) is 1.77. The molecule has 2 aromatic rings. The van der Waals surface area contributed by atoms with Gasteiger partial charge in [0.05, 0.1) is 12.8 Å². The number of carbonyl (C=O) groups excluding carboxylic acids is 1. The van der Waals surface area contributed by atoms with E-state index < -0.39 is 0 Å². The minimum atomic E-state index is -0.355. The van der Waals surface area contributed by atoms with Crippen molar-refractivity contribution in [2.75, 3.05) is 17.7 Å². The second-order valence-corrected chi connectivity index (χ2v) is 4.18. The van der Waals surface area contributed by atoms with Crippen molar-refractivity contribution in [2.24, 2.45) is 0 Å². The number of hydrogen-bond acceptors (Lipinski definition) is 3. The number of rotatable bonds is 4. The molecule has 0 spiro atoms. The van der Waals surface area contributed by atoms with Crippen LogP contribution in [0.1, 0.15) is 12.5 Å². The van der Waals surface area contributed by atoms with Gasteiger partial charge in [0.2, 0.25) is 0 Å². The number of methoxy groups -OCH3 is 1. The lowest BCUT2D eigenvalue weighted by Crippen LogP contribution is -2.20. The molecule has 1 aromatic carbocycles. The van der Waals surface area contributed by atoms with Crippen LogP contribution in [0.5, 0.6) is 5.75 Å². The first-order valence-corrected chi connectivity index (χ1v) is 6.39. The molecule has 0 saturated carbocycles. The number of aryl methyl sites for hydroxylation is 1. The SMILES string of the molecule is CCc1ccc(NC(=O)Nc2ccccn2)c(OC)c1. The number of nitrogens with zero attached hydrogens (tertiary/aromatic N) is 1. The van der Waals surface area contributed by atoms with E-state index in [0.717, 1.165) is 12.0 Å². The minimum Gasteiger partial charge on any atom is -0.495 e. The highest BCUT2D eigenvalue weighted by Crippen LogP contribution is 2.25. The number of nitrogens with one attached hydrogen (secondary N) is 2. The van der Waals surface area contributed by atoms with Gasteiger partial charge >= 0.3 is 6.03 Å². The van der Waals surface area contributed by atoms with Crippen LogP contribution in [0.2, 0.25) is 0 Å². The summed E-state index contributed by atoms with van der Waals surface area (Å²) in [6, 6.07) is 10.7. The molecule has 2 rings (SSSR count). The lowest BCUT2D eigenvalue weighted by Gasteiger charge is -2.12. The van der Waals surface area contributed by atoms with E-state index in [1.165, 1.54) is 0 Å². The van der Waals surface area contributed by atoms with Gasteiger partial charge in [-0.1, -0.05) is 19.1 Å². The van der Waals surface area contributed by atoms with Gasteiger partial charge in [0.1, 0.15) is 11.6 Å². The number of anilines is 2. The number of amides is 2. The van der Waals surface area contributed by atoms with E-state index in [-0.39, 0.29) is 6.03 Å². The first kappa shape index (κ1) is 13.9. The van der Waals surface area contributed by atoms with Crippen molar-refractivity contribution in [2.45, 2.75) is 13.3 Å². The van der Waals surface area contributed by atoms with Gasteiger partial charge in [-0.05, 0) is 36.2 Å². The van der Waals surface area contributed by atoms with Gasteiger partial charge in [-0.25, -0.2) is 9.78 Å². The Kier molecular flexibility index (Phi) is 4.55. The maximum absolute atomic E-state index is 11.9. The summed E-state index contributed by atoms with van der Waals surface area (Å²) < 4.78 is 5.28. The summed E-state index contributed by atoms with van der Waals surface area (Å²) in [6.07, 6.45) is 2.53. The Hall–Kier alpha value is -2.56. The molecule has 104 valence electrons. The van der Waals surface area contributed by atoms with Crippen LogP contribution < -0.4 is 15.4 Å². The Morgan fingerprint density at radius 2 is 2.10 bits per heavy atom. The zero-order chi connectivity index (χ0) is 14.4. The van der Waals surface area contributed by atoms with Gasteiger partial charge in [0, 0.05) is 6.20 Å². The third-order valence-corrected chi connectivity index (χ3v) is 2.83. The molecule has 20 heavy (non-hydrogen) atoms. The van der Waals surface area contributed by atoms with Crippen molar-refractivity contribution in [1.82, 2.24) is 4.98 Å². The monoisotopic (exact) mass is 271 g/mol. The highest BCUT2D eigenvalue weighted by molar-refractivity contribution is 6.00. The number of carbonyl (C=O) groups is 1. The Morgan fingerprint density at radius 3 is 2.75 bits per heavy atom. The fraction of sp³-hybridized carbons (Fsp3) is 0.200. The van der Waals surface area contributed by atoms with E-state index in [1.807, 2.05) is 18.2 Å². The van der Waals surface area contributed by atoms with Crippen molar-refractivity contribution in [3.05, 3.63) is 48.2 Å². The highest BCUT2D eigenvalue weighted by Gasteiger charge is 2.08. The zero-order valence-electron chi connectivity index (χ0n) is 11.5. The number of pyridine rings is 1. The molecule has 0 unspecified atom stereocenters. The normalized spacial score (nSPS) is 9.90. The number of urea groups is 1. The largest absolute Gasteiger partial charge is 0.495 e. The minimum absolute atomic E-state index is 0.355. The van der Waals surface area contributed by atoms with Crippen molar-refractivity contribution >= 4 is 17.5 Å². The molecule has 1 aromatic heterocycles. The van der Waals surface area contributed by atoms with Crippen LogP contribution in [0, 0.1) is 0 Å². The lowest BCUT2D eigenvalue weighted by molar-refractivity contribution is 0.262. The first-order chi connectivity index (χ1) is 9.72. The highest BCUT2D eigenvalue weighted by atomic mass is 16.5. The Balaban J connectivity index is 2.07. The third-order valence-electron chi connectivity index (χ3n) is 2.83. The van der Waals surface area contributed by atoms with Gasteiger partial charge in [-0.2, -0.15) is 0 Å². The van der Waals surface area contributed by atoms with Crippen LogP contribution in [0.4, 0.5) is 16.3 Å². The number of benzene rings is 1. The summed E-state index contributed by atoms with van der Waals surface area (Å²) in [4.78, 5) is 15.9. The number of aromatic nitrogens is 1. The van der Waals surface area contributed by atoms with E-state index >= 15 is 0 Å². The van der Waals surface area contributed by atoms with Crippen molar-refractivity contribution in [1.29, 1.82) is 0 Å². The van der Waals surface area contributed by atoms with Gasteiger partial charge < -0.3 is 10.1 Å². The van der Waals surface area contributed by atoms with Gasteiger partial charge in [-0.3, -0.25) is 5.32 Å². The van der Waals surface area contributed by atoms with Crippen LogP contribution in [0.15, 0.2) is 42.6 Å². The molecule has 0 aliphatic heterocycles. The number of hydrogen-bond donors (Lipinski definition) is 2. The average Bonchev–Trinajstić information content (AvgIpc) is 2.48. The van der Waals surface area contributed by atoms with Crippen molar-refractivity contribution in [3.8, 4) is 5.75 Å². The molecule has 0 fully saturated rings. The molecule has 0 aliphatic rings. The topological polar surface area (TPSA) is 63.2 Å². The summed E-state index contributed by atoms with van der Waals surface area (Å²) in [6.45, 7) is 2.07. The molecular formula is C15H17N3O2. The summed E-state index contributed by atoms with van der Waals surface area (Å²) >= 11 is 0. The van der Waals surface area contributed by atoms with E-state index in [9.17, 15) is 4.79 Å². The van der Waals surface area contributed by atoms with Crippen LogP contribution in [-0.4, -0.2) is 18.1 Å². The summed E-state index contributed by atoms with van der Waals surface area (Å²) in [7, 11) is 1.58. The molecule has 2 N–H and O–H groups in total. The summed E-state index contributed by atoms with van der Waals surface area (Å²) in [5.41, 5.74) is 1.77. The third kappa shape index (κ3) is 3.47. The molecule has 0 atom stereocenters. The average molecular weight is 271 g/mol. The van der Waals surface area contributed by atoms with Gasteiger partial charge in [0.15, 0.2) is 0 Å². The maximum atomic E-state index is 11.9. The Morgan fingerprint density at radius 1 is 1.25 bits per heavy atom. The van der Waals surface area contributed by atoms with E-state index in [2.05, 4.69) is 22.5 Å². The number of ether oxygens (including phenoxy) is 1. The molecule has 0 saturated heterocycles. The molecule has 5 heteroatoms. The summed E-state index contributed by atoms with van der Waals surface area (Å²) in [5.74, 6) is 1.13. The molecule has 1 heterocycles. The molecular weight excluding hydrogens is 254 g/mol. The molecule has 0 radical (unpaired) electrons. The van der Waals surface area contributed by atoms with E-state index in [1.54, 1.807) is 31.5 Å². The lowest BCUT2D eigenvalue weighted by atomic mass is 10.1. The van der Waals surface area contributed by atoms with Gasteiger partial charge in [0.25, 0.3) is 0 Å². The van der Waals surface area contributed by atoms with Crippen molar-refractivity contribution < 1.29 is 9.53 Å². The second-order valence-electron chi connectivity index (χ2n) is 4.18. The molecule has 0 aliphatic carbocycles. The van der Waals surface area contributed by atoms with Crippen LogP contribution in [0.25, 0.3) is 0 Å². The smallest absolute Gasteiger partial charge is 0.324 e. The predicted octanol–water partition coefficient (Wildman–Crippen LogP) is 3.30. The zero-order valence-corrected chi connectivity index (χ0v) is 11.5.